The van der Waals surface area contributed by atoms with Crippen LogP contribution in [0.4, 0.5) is 0 Å². The molecule has 0 aromatic heterocycles. The monoisotopic (exact) mass is 230 g/mol. The van der Waals surface area contributed by atoms with Crippen LogP contribution in [0.15, 0.2) is 0 Å². The quantitative estimate of drug-likeness (QED) is 0.463. The van der Waals surface area contributed by atoms with E-state index in [1.165, 1.54) is 0 Å². The number of rotatable bonds is 0. The molecule has 0 aromatic carbocycles. The summed E-state index contributed by atoms with van der Waals surface area (Å²) >= 11 is 0. The van der Waals surface area contributed by atoms with Crippen LogP contribution < -0.4 is 0 Å². The molecular formula is AlCuLiMgScZn. The molecule has 0 saturated heterocycles. The van der Waals surface area contributed by atoms with Crippen molar-refractivity contribution in [2.45, 2.75) is 0 Å². The van der Waals surface area contributed by atoms with Gasteiger partial charge in [-0.25, -0.2) is 0 Å². The normalized spacial score (nSPS) is 0. The van der Waals surface area contributed by atoms with Crippen molar-refractivity contribution >= 4 is 59.3 Å². The third-order valence-electron chi connectivity index (χ3n) is 0. The minimum absolute atomic E-state index is 0. The van der Waals surface area contributed by atoms with E-state index in [-0.39, 0.29) is 122 Å². The van der Waals surface area contributed by atoms with Crippen molar-refractivity contribution in [2.75, 3.05) is 0 Å². The van der Waals surface area contributed by atoms with Crippen LogP contribution in [-0.4, -0.2) is 59.3 Å². The van der Waals surface area contributed by atoms with Crippen LogP contribution in [-0.2, 0) is 62.4 Å². The number of hydrogen-bond donors (Lipinski definition) is 0. The van der Waals surface area contributed by atoms with Crippen LogP contribution in [0.25, 0.3) is 0 Å². The van der Waals surface area contributed by atoms with E-state index in [2.05, 4.69) is 0 Å². The second-order valence-corrected chi connectivity index (χ2v) is 0. The van der Waals surface area contributed by atoms with Gasteiger partial charge in [0.1, 0.15) is 0 Å². The maximum Gasteiger partial charge on any atom is 0 e. The van der Waals surface area contributed by atoms with Crippen molar-refractivity contribution in [3.63, 3.8) is 0 Å². The molecule has 0 N–H and O–H groups in total. The summed E-state index contributed by atoms with van der Waals surface area (Å²) in [5.74, 6) is 0. The molecule has 22 valence electrons. The van der Waals surface area contributed by atoms with E-state index in [1.54, 1.807) is 0 Å². The molecule has 0 amide bonds. The smallest absolute Gasteiger partial charge is 0 e. The molecule has 6 heavy (non-hydrogen) atoms. The first kappa shape index (κ1) is 51.5. The van der Waals surface area contributed by atoms with E-state index in [1.807, 2.05) is 0 Å². The summed E-state index contributed by atoms with van der Waals surface area (Å²) in [4.78, 5) is 0. The fourth-order valence-corrected chi connectivity index (χ4v) is 0. The van der Waals surface area contributed by atoms with Gasteiger partial charge in [0.05, 0.1) is 0 Å². The second kappa shape index (κ2) is 36.5. The average molecular weight is 232 g/mol. The minimum Gasteiger partial charge on any atom is 0 e. The van der Waals surface area contributed by atoms with Gasteiger partial charge in [-0.1, -0.05) is 0 Å². The van der Waals surface area contributed by atoms with Crippen LogP contribution in [0.2, 0.25) is 0 Å². The van der Waals surface area contributed by atoms with Gasteiger partial charge in [-0.15, -0.1) is 0 Å². The molecule has 8 radical (unpaired) electrons. The minimum atomic E-state index is 0. The molecule has 0 spiro atoms. The van der Waals surface area contributed by atoms with Crippen LogP contribution in [0.3, 0.4) is 0 Å². The van der Waals surface area contributed by atoms with Crippen LogP contribution in [0.1, 0.15) is 0 Å². The van der Waals surface area contributed by atoms with E-state index < -0.39 is 0 Å². The summed E-state index contributed by atoms with van der Waals surface area (Å²) < 4.78 is 0. The summed E-state index contributed by atoms with van der Waals surface area (Å²) in [5.41, 5.74) is 0. The Bertz CT molecular complexity index is 15.5. The Morgan fingerprint density at radius 2 is 1.00 bits per heavy atom. The maximum atomic E-state index is 0. The molecule has 0 heterocycles. The van der Waals surface area contributed by atoms with Crippen LogP contribution >= 0.6 is 0 Å². The average Bonchev–Trinajstić information content (AvgIpc) is 0. The Balaban J connectivity index is 0. The third kappa shape index (κ3) is 24.7. The fraction of sp³-hybridized carbons (Fsp3) is 0. The predicted molar refractivity (Wildman–Crippen MR) is 17.3 cm³/mol. The van der Waals surface area contributed by atoms with Gasteiger partial charge in [0, 0.05) is 122 Å². The molecule has 0 aliphatic heterocycles. The second-order valence-electron chi connectivity index (χ2n) is 0. The maximum absolute atomic E-state index is 0. The van der Waals surface area contributed by atoms with E-state index in [0.717, 1.165) is 0 Å². The van der Waals surface area contributed by atoms with Crippen molar-refractivity contribution in [3.05, 3.63) is 0 Å². The van der Waals surface area contributed by atoms with E-state index >= 15 is 0 Å². The van der Waals surface area contributed by atoms with Gasteiger partial charge in [0.15, 0.2) is 0 Å². The molecule has 0 saturated carbocycles. The summed E-state index contributed by atoms with van der Waals surface area (Å²) in [5, 5.41) is 0. The van der Waals surface area contributed by atoms with Crippen LogP contribution in [0.5, 0.6) is 0 Å². The molecule has 0 unspecified atom stereocenters. The van der Waals surface area contributed by atoms with Crippen molar-refractivity contribution in [2.24, 2.45) is 0 Å². The van der Waals surface area contributed by atoms with E-state index in [0.29, 0.717) is 0 Å². The molecule has 0 atom stereocenters. The first-order chi connectivity index (χ1) is 0. The summed E-state index contributed by atoms with van der Waals surface area (Å²) in [7, 11) is 0. The molecule has 0 aromatic rings. The van der Waals surface area contributed by atoms with Gasteiger partial charge in [-0.3, -0.25) is 0 Å². The van der Waals surface area contributed by atoms with Gasteiger partial charge in [0.2, 0.25) is 0 Å². The summed E-state index contributed by atoms with van der Waals surface area (Å²) in [6, 6.07) is 0. The Morgan fingerprint density at radius 3 is 1.00 bits per heavy atom. The largest absolute Gasteiger partial charge is 0 e. The zero-order chi connectivity index (χ0) is 0. The van der Waals surface area contributed by atoms with Crippen molar-refractivity contribution in [1.82, 2.24) is 0 Å². The first-order valence-corrected chi connectivity index (χ1v) is 0. The Labute approximate surface area is 119 Å². The first-order valence-electron chi connectivity index (χ1n) is 0. The zero-order valence-corrected chi connectivity index (χ0v) is 12.2. The molecule has 0 fully saturated rings. The molecule has 0 aliphatic rings. The van der Waals surface area contributed by atoms with Gasteiger partial charge in [-0.05, 0) is 0 Å². The van der Waals surface area contributed by atoms with Gasteiger partial charge >= 0.3 is 0 Å². The zero-order valence-electron chi connectivity index (χ0n) is 3.87. The molecular weight excluding hydrogens is 232 g/mol. The topological polar surface area (TPSA) is 0 Å². The molecule has 0 bridgehead atoms. The molecule has 0 rings (SSSR count). The number of hydrogen-bond acceptors (Lipinski definition) is 0. The third-order valence-corrected chi connectivity index (χ3v) is 0. The van der Waals surface area contributed by atoms with Crippen molar-refractivity contribution in [1.29, 1.82) is 0 Å². The molecule has 0 aliphatic carbocycles. The summed E-state index contributed by atoms with van der Waals surface area (Å²) in [6.45, 7) is 0. The Hall–Kier alpha value is 3.91. The Kier molecular flexibility index (Phi) is 313. The van der Waals surface area contributed by atoms with Crippen molar-refractivity contribution in [3.8, 4) is 0 Å². The fourth-order valence-electron chi connectivity index (χ4n) is 0. The van der Waals surface area contributed by atoms with Crippen molar-refractivity contribution < 1.29 is 62.4 Å². The van der Waals surface area contributed by atoms with Crippen LogP contribution in [0, 0.1) is 0 Å². The van der Waals surface area contributed by atoms with Gasteiger partial charge in [0.25, 0.3) is 0 Å². The molecule has 0 nitrogen and oxygen atoms in total. The summed E-state index contributed by atoms with van der Waals surface area (Å²) in [6.07, 6.45) is 0. The van der Waals surface area contributed by atoms with Gasteiger partial charge in [-0.2, -0.15) is 0 Å². The standard InChI is InChI=1S/Al.Cu.Li.Mg.Sc.Zn. The predicted octanol–water partition coefficient (Wildman–Crippen LogP) is -1.15. The Morgan fingerprint density at radius 1 is 1.00 bits per heavy atom. The van der Waals surface area contributed by atoms with E-state index in [4.69, 9.17) is 0 Å². The van der Waals surface area contributed by atoms with E-state index in [9.17, 15) is 0 Å². The molecule has 6 heteroatoms. The van der Waals surface area contributed by atoms with Gasteiger partial charge < -0.3 is 0 Å². The SMILES string of the molecule is [Al].[Cu].[Li].[Mg].[Sc].[Zn].